The first-order chi connectivity index (χ1) is 11.6. The van der Waals surface area contributed by atoms with Crippen LogP contribution < -0.4 is 9.80 Å². The van der Waals surface area contributed by atoms with Gasteiger partial charge in [-0.1, -0.05) is 0 Å². The number of nitrogens with zero attached hydrogens (tertiary/aromatic N) is 6. The number of likely N-dealkylation sites (tertiary alicyclic amines) is 1. The Balaban J connectivity index is 1.50. The molecule has 1 aromatic heterocycles. The number of hydrogen-bond donors (Lipinski definition) is 0. The van der Waals surface area contributed by atoms with Crippen LogP contribution in [0.15, 0.2) is 12.4 Å². The fraction of sp³-hybridized carbons (Fsp3) is 0.706. The Morgan fingerprint density at radius 3 is 2.42 bits per heavy atom. The van der Waals surface area contributed by atoms with Gasteiger partial charge in [0, 0.05) is 59.4 Å². The van der Waals surface area contributed by atoms with Crippen molar-refractivity contribution in [2.75, 3.05) is 69.7 Å². The third-order valence-corrected chi connectivity index (χ3v) is 4.86. The Labute approximate surface area is 144 Å². The van der Waals surface area contributed by atoms with Gasteiger partial charge in [-0.05, 0) is 19.3 Å². The fourth-order valence-electron chi connectivity index (χ4n) is 3.32. The molecule has 2 aliphatic rings. The van der Waals surface area contributed by atoms with Crippen molar-refractivity contribution >= 4 is 17.5 Å². The van der Waals surface area contributed by atoms with E-state index in [1.807, 2.05) is 30.0 Å². The fourth-order valence-corrected chi connectivity index (χ4v) is 3.32. The van der Waals surface area contributed by atoms with Crippen LogP contribution in [0.1, 0.15) is 19.3 Å². The molecule has 0 radical (unpaired) electrons. The average molecular weight is 332 g/mol. The summed E-state index contributed by atoms with van der Waals surface area (Å²) < 4.78 is 0. The van der Waals surface area contributed by atoms with Crippen molar-refractivity contribution in [3.63, 3.8) is 0 Å². The molecular weight excluding hydrogens is 304 g/mol. The normalized spacial score (nSPS) is 19.4. The van der Waals surface area contributed by atoms with Crippen LogP contribution in [0, 0.1) is 0 Å². The van der Waals surface area contributed by atoms with Crippen LogP contribution >= 0.6 is 0 Å². The quantitative estimate of drug-likeness (QED) is 0.808. The van der Waals surface area contributed by atoms with Gasteiger partial charge < -0.3 is 14.7 Å². The van der Waals surface area contributed by atoms with Gasteiger partial charge in [-0.3, -0.25) is 9.69 Å². The molecule has 2 saturated heterocycles. The van der Waals surface area contributed by atoms with Crippen LogP contribution in [0.3, 0.4) is 0 Å². The zero-order chi connectivity index (χ0) is 16.9. The number of aromatic nitrogens is 2. The Morgan fingerprint density at radius 2 is 1.75 bits per heavy atom. The van der Waals surface area contributed by atoms with Crippen molar-refractivity contribution in [3.8, 4) is 0 Å². The van der Waals surface area contributed by atoms with Gasteiger partial charge in [0.15, 0.2) is 0 Å². The molecule has 3 rings (SSSR count). The second-order valence-electron chi connectivity index (χ2n) is 6.83. The van der Waals surface area contributed by atoms with Crippen molar-refractivity contribution in [3.05, 3.63) is 12.4 Å². The summed E-state index contributed by atoms with van der Waals surface area (Å²) >= 11 is 0. The Hall–Kier alpha value is -1.89. The highest BCUT2D eigenvalue weighted by Gasteiger charge is 2.23. The van der Waals surface area contributed by atoms with Gasteiger partial charge in [-0.25, -0.2) is 9.97 Å². The molecule has 0 saturated carbocycles. The lowest BCUT2D eigenvalue weighted by Gasteiger charge is -2.36. The first kappa shape index (κ1) is 17.0. The van der Waals surface area contributed by atoms with Crippen LogP contribution in [0.2, 0.25) is 0 Å². The number of amides is 1. The van der Waals surface area contributed by atoms with Gasteiger partial charge in [0.25, 0.3) is 0 Å². The molecule has 0 aromatic carbocycles. The minimum absolute atomic E-state index is 0.292. The van der Waals surface area contributed by atoms with Crippen LogP contribution in [-0.4, -0.2) is 85.6 Å². The minimum atomic E-state index is 0.292. The van der Waals surface area contributed by atoms with E-state index in [0.717, 1.165) is 63.7 Å². The molecular formula is C17H28N6O. The predicted octanol–water partition coefficient (Wildman–Crippen LogP) is 0.677. The Bertz CT molecular complexity index is 550. The molecule has 1 amide bonds. The lowest BCUT2D eigenvalue weighted by atomic mass is 10.1. The van der Waals surface area contributed by atoms with Gasteiger partial charge in [0.2, 0.25) is 5.91 Å². The van der Waals surface area contributed by atoms with Gasteiger partial charge in [-0.15, -0.1) is 0 Å². The molecule has 0 unspecified atom stereocenters. The lowest BCUT2D eigenvalue weighted by molar-refractivity contribution is -0.133. The predicted molar refractivity (Wildman–Crippen MR) is 95.4 cm³/mol. The third kappa shape index (κ3) is 4.14. The molecule has 2 fully saturated rings. The van der Waals surface area contributed by atoms with E-state index in [-0.39, 0.29) is 0 Å². The highest BCUT2D eigenvalue weighted by atomic mass is 16.2. The molecule has 7 heteroatoms. The van der Waals surface area contributed by atoms with Gasteiger partial charge in [0.05, 0.1) is 6.54 Å². The van der Waals surface area contributed by atoms with E-state index in [4.69, 9.17) is 0 Å². The maximum absolute atomic E-state index is 12.4. The first-order valence-electron chi connectivity index (χ1n) is 8.88. The molecule has 0 spiro atoms. The summed E-state index contributed by atoms with van der Waals surface area (Å²) in [5.74, 6) is 2.18. The second kappa shape index (κ2) is 7.79. The van der Waals surface area contributed by atoms with E-state index >= 15 is 0 Å². The molecule has 7 nitrogen and oxygen atoms in total. The summed E-state index contributed by atoms with van der Waals surface area (Å²) in [5.41, 5.74) is 0. The largest absolute Gasteiger partial charge is 0.363 e. The number of hydrogen-bond acceptors (Lipinski definition) is 6. The van der Waals surface area contributed by atoms with E-state index in [1.165, 1.54) is 6.42 Å². The monoisotopic (exact) mass is 332 g/mol. The minimum Gasteiger partial charge on any atom is -0.363 e. The lowest BCUT2D eigenvalue weighted by Crippen LogP contribution is -2.50. The zero-order valence-corrected chi connectivity index (χ0v) is 14.8. The number of carbonyl (C=O) groups excluding carboxylic acids is 1. The van der Waals surface area contributed by atoms with Crippen molar-refractivity contribution in [2.45, 2.75) is 19.3 Å². The van der Waals surface area contributed by atoms with Crippen molar-refractivity contribution in [2.24, 2.45) is 0 Å². The van der Waals surface area contributed by atoms with E-state index in [0.29, 0.717) is 12.5 Å². The number of rotatable bonds is 4. The smallest absolute Gasteiger partial charge is 0.236 e. The average Bonchev–Trinajstić information content (AvgIpc) is 2.63. The molecule has 3 heterocycles. The highest BCUT2D eigenvalue weighted by molar-refractivity contribution is 5.78. The summed E-state index contributed by atoms with van der Waals surface area (Å²) in [6.45, 7) is 6.04. The molecule has 0 N–H and O–H groups in total. The third-order valence-electron chi connectivity index (χ3n) is 4.86. The zero-order valence-electron chi connectivity index (χ0n) is 14.8. The second-order valence-corrected chi connectivity index (χ2v) is 6.83. The van der Waals surface area contributed by atoms with Crippen LogP contribution in [-0.2, 0) is 4.79 Å². The van der Waals surface area contributed by atoms with Crippen molar-refractivity contribution < 1.29 is 4.79 Å². The van der Waals surface area contributed by atoms with Gasteiger partial charge in [-0.2, -0.15) is 0 Å². The van der Waals surface area contributed by atoms with Crippen molar-refractivity contribution in [1.82, 2.24) is 19.8 Å². The maximum atomic E-state index is 12.4. The van der Waals surface area contributed by atoms with E-state index < -0.39 is 0 Å². The van der Waals surface area contributed by atoms with E-state index in [1.54, 1.807) is 6.33 Å². The Morgan fingerprint density at radius 1 is 1.04 bits per heavy atom. The molecule has 1 aromatic rings. The molecule has 2 aliphatic heterocycles. The molecule has 132 valence electrons. The summed E-state index contributed by atoms with van der Waals surface area (Å²) in [6.07, 6.45) is 5.19. The summed E-state index contributed by atoms with van der Waals surface area (Å²) in [7, 11) is 3.96. The summed E-state index contributed by atoms with van der Waals surface area (Å²) in [5, 5.41) is 0. The number of anilines is 2. The van der Waals surface area contributed by atoms with E-state index in [9.17, 15) is 4.79 Å². The highest BCUT2D eigenvalue weighted by Crippen LogP contribution is 2.17. The van der Waals surface area contributed by atoms with Crippen LogP contribution in [0.25, 0.3) is 0 Å². The topological polar surface area (TPSA) is 55.8 Å². The Kier molecular flexibility index (Phi) is 5.50. The molecule has 0 atom stereocenters. The van der Waals surface area contributed by atoms with E-state index in [2.05, 4.69) is 19.8 Å². The van der Waals surface area contributed by atoms with Crippen molar-refractivity contribution in [1.29, 1.82) is 0 Å². The summed E-state index contributed by atoms with van der Waals surface area (Å²) in [6, 6.07) is 2.02. The summed E-state index contributed by atoms with van der Waals surface area (Å²) in [4.78, 5) is 29.6. The number of piperazine rings is 1. The van der Waals surface area contributed by atoms with Gasteiger partial charge >= 0.3 is 0 Å². The van der Waals surface area contributed by atoms with Crippen LogP contribution in [0.5, 0.6) is 0 Å². The number of carbonyl (C=O) groups is 1. The van der Waals surface area contributed by atoms with Crippen LogP contribution in [0.4, 0.5) is 11.6 Å². The standard InChI is InChI=1S/C17H28N6O/c1-20(2)15-12-16(19-14-18-15)22-10-8-21(9-11-22)13-17(24)23-6-4-3-5-7-23/h12,14H,3-11,13H2,1-2H3. The molecule has 24 heavy (non-hydrogen) atoms. The molecule has 0 aliphatic carbocycles. The molecule has 0 bridgehead atoms. The van der Waals surface area contributed by atoms with Gasteiger partial charge in [0.1, 0.15) is 18.0 Å². The number of piperidine rings is 1. The SMILES string of the molecule is CN(C)c1cc(N2CCN(CC(=O)N3CCCCC3)CC2)ncn1. The first-order valence-corrected chi connectivity index (χ1v) is 8.88. The maximum Gasteiger partial charge on any atom is 0.236 e.